The Labute approximate surface area is 158 Å². The lowest BCUT2D eigenvalue weighted by molar-refractivity contribution is -0.123. The topological polar surface area (TPSA) is 121 Å². The smallest absolute Gasteiger partial charge is 0.322 e. The summed E-state index contributed by atoms with van der Waals surface area (Å²) in [4.78, 5) is 35.6. The molecule has 0 radical (unpaired) electrons. The first-order valence-corrected chi connectivity index (χ1v) is 10.7. The zero-order valence-electron chi connectivity index (χ0n) is 15.1. The minimum absolute atomic E-state index is 0.114. The lowest BCUT2D eigenvalue weighted by atomic mass is 9.92. The fraction of sp³-hybridized carbons (Fsp3) is 0.500. The number of anilines is 1. The molecule has 1 aromatic carbocycles. The second kappa shape index (κ2) is 7.30. The molecular formula is C18H23N3O5S. The summed E-state index contributed by atoms with van der Waals surface area (Å²) in [6, 6.07) is 5.99. The van der Waals surface area contributed by atoms with E-state index in [1.165, 1.54) is 0 Å². The molecule has 1 atom stereocenters. The molecule has 146 valence electrons. The molecule has 2 fully saturated rings. The summed E-state index contributed by atoms with van der Waals surface area (Å²) in [5.74, 6) is -1.04. The Hall–Kier alpha value is -2.42. The first-order valence-electron chi connectivity index (χ1n) is 8.96. The maximum Gasteiger partial charge on any atom is 0.322 e. The number of rotatable bonds is 6. The van der Waals surface area contributed by atoms with E-state index in [0.29, 0.717) is 24.1 Å². The van der Waals surface area contributed by atoms with Gasteiger partial charge in [-0.3, -0.25) is 14.9 Å². The van der Waals surface area contributed by atoms with Crippen molar-refractivity contribution in [1.82, 2.24) is 10.6 Å². The van der Waals surface area contributed by atoms with Crippen LogP contribution in [0.15, 0.2) is 24.3 Å². The quantitative estimate of drug-likeness (QED) is 0.631. The molecule has 8 nitrogen and oxygen atoms in total. The van der Waals surface area contributed by atoms with Crippen molar-refractivity contribution in [2.45, 2.75) is 49.8 Å². The van der Waals surface area contributed by atoms with E-state index < -0.39 is 33.2 Å². The first kappa shape index (κ1) is 19.3. The van der Waals surface area contributed by atoms with E-state index in [4.69, 9.17) is 0 Å². The van der Waals surface area contributed by atoms with Crippen LogP contribution in [0.25, 0.3) is 0 Å². The summed E-state index contributed by atoms with van der Waals surface area (Å²) < 4.78 is 24.5. The summed E-state index contributed by atoms with van der Waals surface area (Å²) in [6.07, 6.45) is 3.09. The third-order valence-corrected chi connectivity index (χ3v) is 7.45. The van der Waals surface area contributed by atoms with Crippen molar-refractivity contribution < 1.29 is 22.8 Å². The van der Waals surface area contributed by atoms with Gasteiger partial charge in [0, 0.05) is 12.1 Å². The van der Waals surface area contributed by atoms with Gasteiger partial charge in [-0.2, -0.15) is 0 Å². The number of hydrogen-bond acceptors (Lipinski definition) is 5. The van der Waals surface area contributed by atoms with Crippen LogP contribution in [0.4, 0.5) is 10.5 Å². The molecule has 4 amide bonds. The van der Waals surface area contributed by atoms with Crippen LogP contribution < -0.4 is 16.0 Å². The Bertz CT molecular complexity index is 877. The number of urea groups is 1. The van der Waals surface area contributed by atoms with Gasteiger partial charge < -0.3 is 10.6 Å². The van der Waals surface area contributed by atoms with Crippen LogP contribution in [-0.4, -0.2) is 37.3 Å². The van der Waals surface area contributed by atoms with Gasteiger partial charge in [-0.25, -0.2) is 13.2 Å². The van der Waals surface area contributed by atoms with Crippen LogP contribution in [0.2, 0.25) is 0 Å². The predicted molar refractivity (Wildman–Crippen MR) is 99.8 cm³/mol. The van der Waals surface area contributed by atoms with Crippen molar-refractivity contribution in [3.63, 3.8) is 0 Å². The van der Waals surface area contributed by atoms with Crippen molar-refractivity contribution in [3.8, 4) is 0 Å². The van der Waals surface area contributed by atoms with Gasteiger partial charge in [0.15, 0.2) is 9.84 Å². The van der Waals surface area contributed by atoms with Crippen LogP contribution in [0, 0.1) is 0 Å². The van der Waals surface area contributed by atoms with Crippen LogP contribution >= 0.6 is 0 Å². The predicted octanol–water partition coefficient (Wildman–Crippen LogP) is 1.43. The van der Waals surface area contributed by atoms with Gasteiger partial charge in [0.05, 0.1) is 11.0 Å². The van der Waals surface area contributed by atoms with Gasteiger partial charge in [-0.05, 0) is 37.5 Å². The van der Waals surface area contributed by atoms with Crippen LogP contribution in [-0.2, 0) is 25.0 Å². The lowest BCUT2D eigenvalue weighted by Crippen LogP contribution is -2.40. The molecule has 9 heteroatoms. The fourth-order valence-corrected chi connectivity index (χ4v) is 5.38. The summed E-state index contributed by atoms with van der Waals surface area (Å²) >= 11 is 0. The van der Waals surface area contributed by atoms with Crippen molar-refractivity contribution in [2.75, 3.05) is 11.1 Å². The highest BCUT2D eigenvalue weighted by atomic mass is 32.2. The van der Waals surface area contributed by atoms with Crippen molar-refractivity contribution in [1.29, 1.82) is 0 Å². The third-order valence-electron chi connectivity index (χ3n) is 5.19. The van der Waals surface area contributed by atoms with E-state index in [1.807, 2.05) is 0 Å². The Morgan fingerprint density at radius 1 is 1.26 bits per heavy atom. The molecule has 0 spiro atoms. The molecule has 27 heavy (non-hydrogen) atoms. The van der Waals surface area contributed by atoms with E-state index >= 15 is 0 Å². The molecule has 1 heterocycles. The number of carbonyl (C=O) groups is 3. The van der Waals surface area contributed by atoms with E-state index in [9.17, 15) is 22.8 Å². The number of imide groups is 1. The molecule has 1 aromatic rings. The summed E-state index contributed by atoms with van der Waals surface area (Å²) in [5, 5.41) is 7.09. The molecule has 1 saturated heterocycles. The number of carbonyl (C=O) groups excluding carboxylic acids is 3. The first-order chi connectivity index (χ1) is 12.7. The summed E-state index contributed by atoms with van der Waals surface area (Å²) in [7, 11) is -3.25. The van der Waals surface area contributed by atoms with Crippen molar-refractivity contribution in [3.05, 3.63) is 29.8 Å². The van der Waals surface area contributed by atoms with Crippen LogP contribution in [0.3, 0.4) is 0 Å². The van der Waals surface area contributed by atoms with Gasteiger partial charge in [0.1, 0.15) is 5.54 Å². The highest BCUT2D eigenvalue weighted by molar-refractivity contribution is 7.92. The second-order valence-electron chi connectivity index (χ2n) is 7.19. The molecule has 1 saturated carbocycles. The molecule has 0 bridgehead atoms. The maximum absolute atomic E-state index is 12.3. The molecule has 3 rings (SSSR count). The van der Waals surface area contributed by atoms with Gasteiger partial charge >= 0.3 is 6.03 Å². The molecular weight excluding hydrogens is 370 g/mol. The zero-order valence-corrected chi connectivity index (χ0v) is 15.9. The second-order valence-corrected chi connectivity index (χ2v) is 9.59. The summed E-state index contributed by atoms with van der Waals surface area (Å²) in [6.45, 7) is 1.57. The number of sulfone groups is 1. The number of benzene rings is 1. The summed E-state index contributed by atoms with van der Waals surface area (Å²) in [5.41, 5.74) is -0.267. The Morgan fingerprint density at radius 3 is 2.59 bits per heavy atom. The molecule has 0 aromatic heterocycles. The monoisotopic (exact) mass is 393 g/mol. The molecule has 3 N–H and O–H groups in total. The van der Waals surface area contributed by atoms with E-state index in [2.05, 4.69) is 16.0 Å². The van der Waals surface area contributed by atoms with E-state index in [0.717, 1.165) is 12.8 Å². The zero-order chi connectivity index (χ0) is 19.7. The normalized spacial score (nSPS) is 23.1. The number of amides is 4. The van der Waals surface area contributed by atoms with Gasteiger partial charge in [0.25, 0.3) is 5.91 Å². The van der Waals surface area contributed by atoms with E-state index in [1.54, 1.807) is 31.2 Å². The van der Waals surface area contributed by atoms with E-state index in [-0.39, 0.29) is 17.4 Å². The molecule has 2 aliphatic rings. The van der Waals surface area contributed by atoms with Crippen molar-refractivity contribution in [2.24, 2.45) is 0 Å². The lowest BCUT2D eigenvalue weighted by Gasteiger charge is -2.21. The minimum Gasteiger partial charge on any atom is -0.326 e. The minimum atomic E-state index is -3.25. The third kappa shape index (κ3) is 4.13. The molecule has 1 aliphatic heterocycles. The van der Waals surface area contributed by atoms with Gasteiger partial charge in [-0.15, -0.1) is 0 Å². The number of hydrogen-bond donors (Lipinski definition) is 3. The highest BCUT2D eigenvalue weighted by Crippen LogP contribution is 2.27. The Balaban J connectivity index is 1.63. The average molecular weight is 393 g/mol. The maximum atomic E-state index is 12.3. The van der Waals surface area contributed by atoms with Crippen molar-refractivity contribution >= 4 is 33.4 Å². The van der Waals surface area contributed by atoms with Crippen LogP contribution in [0.5, 0.6) is 0 Å². The fourth-order valence-electron chi connectivity index (χ4n) is 3.53. The standard InChI is InChI=1S/C18H23N3O5S/c1-18(16(23)20-17(24)21-18)12-5-4-6-13(11-12)19-15(22)9-10-27(25,26)14-7-2-3-8-14/h4-6,11,14H,2-3,7-10H2,1H3,(H,19,22)(H2,20,21,23,24). The van der Waals surface area contributed by atoms with Gasteiger partial charge in [0.2, 0.25) is 5.91 Å². The van der Waals surface area contributed by atoms with Crippen LogP contribution in [0.1, 0.15) is 44.6 Å². The van der Waals surface area contributed by atoms with Gasteiger partial charge in [-0.1, -0.05) is 25.0 Å². The Kier molecular flexibility index (Phi) is 5.23. The highest BCUT2D eigenvalue weighted by Gasteiger charge is 2.43. The number of nitrogens with one attached hydrogen (secondary N) is 3. The SMILES string of the molecule is CC1(c2cccc(NC(=O)CCS(=O)(=O)C3CCCC3)c2)NC(=O)NC1=O. The Morgan fingerprint density at radius 2 is 1.96 bits per heavy atom. The molecule has 1 aliphatic carbocycles. The average Bonchev–Trinajstić information content (AvgIpc) is 3.23. The largest absolute Gasteiger partial charge is 0.326 e. The molecule has 1 unspecified atom stereocenters.